The minimum absolute atomic E-state index is 0.126. The van der Waals surface area contributed by atoms with Crippen molar-refractivity contribution in [3.05, 3.63) is 59.2 Å². The zero-order valence-electron chi connectivity index (χ0n) is 20.3. The second-order valence-corrected chi connectivity index (χ2v) is 10.2. The van der Waals surface area contributed by atoms with Gasteiger partial charge in [-0.05, 0) is 60.4 Å². The third-order valence-corrected chi connectivity index (χ3v) is 7.65. The van der Waals surface area contributed by atoms with Gasteiger partial charge in [-0.15, -0.1) is 0 Å². The number of nitrogens with zero attached hydrogens (tertiary/aromatic N) is 1. The molecule has 34 heavy (non-hydrogen) atoms. The Hall–Kier alpha value is -2.53. The van der Waals surface area contributed by atoms with E-state index in [9.17, 15) is 4.79 Å². The number of carbonyl (C=O) groups excluding carboxylic acids is 1. The van der Waals surface area contributed by atoms with Gasteiger partial charge in [-0.1, -0.05) is 43.2 Å². The molecular weight excluding hydrogens is 426 g/mol. The second-order valence-electron chi connectivity index (χ2n) is 10.2. The van der Waals surface area contributed by atoms with Gasteiger partial charge in [-0.3, -0.25) is 4.79 Å². The molecule has 2 fully saturated rings. The molecule has 5 heteroatoms. The molecular formula is C29H37NO4. The molecule has 0 radical (unpaired) electrons. The number of hydrogen-bond acceptors (Lipinski definition) is 4. The van der Waals surface area contributed by atoms with E-state index >= 15 is 0 Å². The van der Waals surface area contributed by atoms with E-state index in [4.69, 9.17) is 14.2 Å². The number of ether oxygens (including phenoxy) is 3. The number of methoxy groups -OCH3 is 1. The van der Waals surface area contributed by atoms with E-state index in [0.29, 0.717) is 25.4 Å². The standard InChI is InChI=1S/C29H37NO4/c1-32-28-15-22(12-13-27(28)34-26-17-23-9-4-5-10-24(23)18-26)19-30(20-25-11-6-14-33-25)29(31)16-21-7-2-3-8-21/h4-5,9-10,12-13,15,21,25-26H,2-3,6-8,11,14,16-20H2,1H3/t25-/m1/s1. The lowest BCUT2D eigenvalue weighted by Crippen LogP contribution is -2.37. The number of hydrogen-bond donors (Lipinski definition) is 0. The van der Waals surface area contributed by atoms with Crippen molar-refractivity contribution < 1.29 is 19.0 Å². The van der Waals surface area contributed by atoms with Crippen LogP contribution in [0.1, 0.15) is 61.6 Å². The van der Waals surface area contributed by atoms with E-state index in [0.717, 1.165) is 49.4 Å². The van der Waals surface area contributed by atoms with Gasteiger partial charge in [0.2, 0.25) is 5.91 Å². The smallest absolute Gasteiger partial charge is 0.223 e. The first-order chi connectivity index (χ1) is 16.7. The Balaban J connectivity index is 1.26. The van der Waals surface area contributed by atoms with Gasteiger partial charge in [0.15, 0.2) is 11.5 Å². The monoisotopic (exact) mass is 463 g/mol. The quantitative estimate of drug-likeness (QED) is 0.504. The highest BCUT2D eigenvalue weighted by molar-refractivity contribution is 5.76. The number of rotatable bonds is 9. The minimum atomic E-state index is 0.126. The van der Waals surface area contributed by atoms with Crippen LogP contribution < -0.4 is 9.47 Å². The molecule has 1 saturated carbocycles. The first kappa shape index (κ1) is 23.2. The van der Waals surface area contributed by atoms with Crippen LogP contribution in [-0.2, 0) is 28.9 Å². The Kier molecular flexibility index (Phi) is 7.39. The summed E-state index contributed by atoms with van der Waals surface area (Å²) in [6, 6.07) is 14.7. The fourth-order valence-electron chi connectivity index (χ4n) is 5.79. The summed E-state index contributed by atoms with van der Waals surface area (Å²) in [7, 11) is 1.69. The van der Waals surface area contributed by atoms with Gasteiger partial charge in [0.1, 0.15) is 6.10 Å². The topological polar surface area (TPSA) is 48.0 Å². The van der Waals surface area contributed by atoms with Crippen molar-refractivity contribution in [1.82, 2.24) is 4.90 Å². The van der Waals surface area contributed by atoms with E-state index in [-0.39, 0.29) is 18.1 Å². The van der Waals surface area contributed by atoms with Gasteiger partial charge in [0.05, 0.1) is 13.2 Å². The van der Waals surface area contributed by atoms with Crippen LogP contribution in [-0.4, -0.2) is 43.3 Å². The fourth-order valence-corrected chi connectivity index (χ4v) is 5.79. The Morgan fingerprint density at radius 2 is 1.76 bits per heavy atom. The predicted molar refractivity (Wildman–Crippen MR) is 132 cm³/mol. The molecule has 5 nitrogen and oxygen atoms in total. The number of carbonyl (C=O) groups is 1. The summed E-state index contributed by atoms with van der Waals surface area (Å²) in [4.78, 5) is 15.3. The van der Waals surface area contributed by atoms with Gasteiger partial charge in [0, 0.05) is 39.0 Å². The SMILES string of the molecule is COc1cc(CN(C[C@H]2CCCO2)C(=O)CC2CCCC2)ccc1OC1Cc2ccccc2C1. The molecule has 1 heterocycles. The zero-order chi connectivity index (χ0) is 23.3. The summed E-state index contributed by atoms with van der Waals surface area (Å²) in [5.41, 5.74) is 3.80. The van der Waals surface area contributed by atoms with Crippen LogP contribution in [0, 0.1) is 5.92 Å². The highest BCUT2D eigenvalue weighted by atomic mass is 16.5. The molecule has 1 saturated heterocycles. The van der Waals surface area contributed by atoms with E-state index < -0.39 is 0 Å². The van der Waals surface area contributed by atoms with Gasteiger partial charge in [-0.2, -0.15) is 0 Å². The number of amides is 1. The van der Waals surface area contributed by atoms with Gasteiger partial charge in [0.25, 0.3) is 0 Å². The number of benzene rings is 2. The molecule has 2 aliphatic carbocycles. The molecule has 1 atom stereocenters. The third kappa shape index (κ3) is 5.57. The zero-order valence-corrected chi connectivity index (χ0v) is 20.3. The van der Waals surface area contributed by atoms with E-state index in [1.54, 1.807) is 7.11 Å². The van der Waals surface area contributed by atoms with Crippen LogP contribution >= 0.6 is 0 Å². The fraction of sp³-hybridized carbons (Fsp3) is 0.552. The van der Waals surface area contributed by atoms with Crippen LogP contribution in [0.2, 0.25) is 0 Å². The Morgan fingerprint density at radius 1 is 1.00 bits per heavy atom. The maximum absolute atomic E-state index is 13.3. The molecule has 1 amide bonds. The summed E-state index contributed by atoms with van der Waals surface area (Å²) in [5.74, 6) is 2.30. The van der Waals surface area contributed by atoms with Gasteiger partial charge in [-0.25, -0.2) is 0 Å². The van der Waals surface area contributed by atoms with E-state index in [1.807, 2.05) is 17.0 Å². The summed E-state index contributed by atoms with van der Waals surface area (Å²) < 4.78 is 17.9. The molecule has 0 spiro atoms. The molecule has 0 bridgehead atoms. The van der Waals surface area contributed by atoms with Crippen LogP contribution in [0.5, 0.6) is 11.5 Å². The molecule has 2 aromatic rings. The van der Waals surface area contributed by atoms with Gasteiger partial charge < -0.3 is 19.1 Å². The van der Waals surface area contributed by atoms with Crippen LogP contribution in [0.25, 0.3) is 0 Å². The van der Waals surface area contributed by atoms with Crippen LogP contribution in [0.15, 0.2) is 42.5 Å². The molecule has 3 aliphatic rings. The van der Waals surface area contributed by atoms with E-state index in [2.05, 4.69) is 30.3 Å². The molecule has 0 N–H and O–H groups in total. The highest BCUT2D eigenvalue weighted by Crippen LogP contribution is 2.33. The van der Waals surface area contributed by atoms with Crippen molar-refractivity contribution in [1.29, 1.82) is 0 Å². The molecule has 0 unspecified atom stereocenters. The lowest BCUT2D eigenvalue weighted by atomic mass is 10.0. The molecule has 1 aliphatic heterocycles. The van der Waals surface area contributed by atoms with Crippen LogP contribution in [0.3, 0.4) is 0 Å². The highest BCUT2D eigenvalue weighted by Gasteiger charge is 2.27. The van der Waals surface area contributed by atoms with Gasteiger partial charge >= 0.3 is 0 Å². The third-order valence-electron chi connectivity index (χ3n) is 7.65. The maximum Gasteiger partial charge on any atom is 0.223 e. The van der Waals surface area contributed by atoms with Crippen molar-refractivity contribution in [2.45, 2.75) is 76.5 Å². The van der Waals surface area contributed by atoms with Crippen molar-refractivity contribution in [2.24, 2.45) is 5.92 Å². The van der Waals surface area contributed by atoms with Crippen LogP contribution in [0.4, 0.5) is 0 Å². The Labute approximate surface area is 203 Å². The first-order valence-corrected chi connectivity index (χ1v) is 13.0. The normalized spacial score (nSPS) is 20.4. The minimum Gasteiger partial charge on any atom is -0.493 e. The average Bonchev–Trinajstić information content (AvgIpc) is 3.61. The lowest BCUT2D eigenvalue weighted by molar-refractivity contribution is -0.134. The second kappa shape index (κ2) is 10.8. The maximum atomic E-state index is 13.3. The van der Waals surface area contributed by atoms with E-state index in [1.165, 1.54) is 36.8 Å². The Bertz CT molecular complexity index is 953. The van der Waals surface area contributed by atoms with Crippen molar-refractivity contribution in [2.75, 3.05) is 20.3 Å². The number of fused-ring (bicyclic) bond motifs is 1. The molecule has 182 valence electrons. The summed E-state index contributed by atoms with van der Waals surface area (Å²) in [6.07, 6.45) is 9.79. The van der Waals surface area contributed by atoms with Crippen molar-refractivity contribution >= 4 is 5.91 Å². The Morgan fingerprint density at radius 3 is 2.44 bits per heavy atom. The van der Waals surface area contributed by atoms with Crippen molar-refractivity contribution in [3.63, 3.8) is 0 Å². The molecule has 2 aromatic carbocycles. The predicted octanol–water partition coefficient (Wildman–Crippen LogP) is 5.33. The molecule has 0 aromatic heterocycles. The summed E-state index contributed by atoms with van der Waals surface area (Å²) >= 11 is 0. The first-order valence-electron chi connectivity index (χ1n) is 13.0. The van der Waals surface area contributed by atoms with Crippen molar-refractivity contribution in [3.8, 4) is 11.5 Å². The largest absolute Gasteiger partial charge is 0.493 e. The average molecular weight is 464 g/mol. The summed E-state index contributed by atoms with van der Waals surface area (Å²) in [6.45, 7) is 2.06. The molecule has 5 rings (SSSR count). The summed E-state index contributed by atoms with van der Waals surface area (Å²) in [5, 5.41) is 0. The lowest BCUT2D eigenvalue weighted by Gasteiger charge is -2.27.